The maximum atomic E-state index is 13.6. The Labute approximate surface area is 160 Å². The van der Waals surface area contributed by atoms with Crippen molar-refractivity contribution in [2.45, 2.75) is 13.3 Å². The molecule has 7 heteroatoms. The highest BCUT2D eigenvalue weighted by Gasteiger charge is 2.16. The maximum absolute atomic E-state index is 13.6. The van der Waals surface area contributed by atoms with Gasteiger partial charge in [0, 0.05) is 18.3 Å². The fourth-order valence-electron chi connectivity index (χ4n) is 2.67. The van der Waals surface area contributed by atoms with Crippen LogP contribution < -0.4 is 10.7 Å². The molecule has 3 aromatic rings. The Morgan fingerprint density at radius 2 is 1.89 bits per heavy atom. The van der Waals surface area contributed by atoms with Crippen LogP contribution in [0.25, 0.3) is 5.69 Å². The van der Waals surface area contributed by atoms with Crippen LogP contribution in [0.4, 0.5) is 4.39 Å². The van der Waals surface area contributed by atoms with Crippen LogP contribution in [-0.2, 0) is 6.42 Å². The van der Waals surface area contributed by atoms with Gasteiger partial charge in [-0.3, -0.25) is 9.59 Å². The van der Waals surface area contributed by atoms with Gasteiger partial charge in [0.15, 0.2) is 5.69 Å². The van der Waals surface area contributed by atoms with Gasteiger partial charge in [-0.25, -0.2) is 9.07 Å². The van der Waals surface area contributed by atoms with E-state index in [4.69, 9.17) is 11.6 Å². The number of nitrogens with zero attached hydrogens (tertiary/aromatic N) is 2. The van der Waals surface area contributed by atoms with Crippen LogP contribution in [0.3, 0.4) is 0 Å². The number of para-hydroxylation sites is 1. The summed E-state index contributed by atoms with van der Waals surface area (Å²) in [6.45, 7) is 1.89. The van der Waals surface area contributed by atoms with Crippen molar-refractivity contribution in [2.75, 3.05) is 6.54 Å². The van der Waals surface area contributed by atoms with Crippen LogP contribution >= 0.6 is 11.6 Å². The minimum Gasteiger partial charge on any atom is -0.350 e. The van der Waals surface area contributed by atoms with Gasteiger partial charge in [0.2, 0.25) is 5.43 Å². The van der Waals surface area contributed by atoms with E-state index in [9.17, 15) is 14.0 Å². The van der Waals surface area contributed by atoms with E-state index in [1.165, 1.54) is 16.8 Å². The minimum atomic E-state index is -0.614. The number of rotatable bonds is 5. The largest absolute Gasteiger partial charge is 0.350 e. The number of amides is 1. The van der Waals surface area contributed by atoms with Gasteiger partial charge in [-0.2, -0.15) is 5.10 Å². The predicted octanol–water partition coefficient (Wildman–Crippen LogP) is 3.31. The molecule has 0 saturated heterocycles. The SMILES string of the molecule is Cc1cc(=O)c(C(=O)NCCc2ccccc2F)nn1-c1ccccc1Cl. The second-order valence-electron chi connectivity index (χ2n) is 5.96. The highest BCUT2D eigenvalue weighted by Crippen LogP contribution is 2.19. The third-order valence-corrected chi connectivity index (χ3v) is 4.36. The molecule has 0 saturated carbocycles. The first-order valence-corrected chi connectivity index (χ1v) is 8.72. The van der Waals surface area contributed by atoms with Gasteiger partial charge in [-0.15, -0.1) is 0 Å². The first-order valence-electron chi connectivity index (χ1n) is 8.35. The van der Waals surface area contributed by atoms with E-state index in [-0.39, 0.29) is 18.1 Å². The fraction of sp³-hybridized carbons (Fsp3) is 0.150. The number of aromatic nitrogens is 2. The Hall–Kier alpha value is -2.99. The minimum absolute atomic E-state index is 0.181. The molecule has 0 atom stereocenters. The summed E-state index contributed by atoms with van der Waals surface area (Å²) < 4.78 is 15.1. The summed E-state index contributed by atoms with van der Waals surface area (Å²) >= 11 is 6.19. The topological polar surface area (TPSA) is 64.0 Å². The number of hydrogen-bond acceptors (Lipinski definition) is 3. The zero-order valence-corrected chi connectivity index (χ0v) is 15.3. The van der Waals surface area contributed by atoms with Crippen molar-refractivity contribution in [3.05, 3.63) is 92.6 Å². The third kappa shape index (κ3) is 4.23. The molecule has 1 amide bonds. The lowest BCUT2D eigenvalue weighted by Crippen LogP contribution is -2.33. The Bertz CT molecular complexity index is 1050. The second-order valence-corrected chi connectivity index (χ2v) is 6.37. The quantitative estimate of drug-likeness (QED) is 0.732. The number of halogens is 2. The van der Waals surface area contributed by atoms with Gasteiger partial charge in [0.1, 0.15) is 5.82 Å². The lowest BCUT2D eigenvalue weighted by atomic mass is 10.1. The molecule has 1 heterocycles. The number of carbonyl (C=O) groups excluding carboxylic acids is 1. The van der Waals surface area contributed by atoms with Crippen LogP contribution in [0, 0.1) is 12.7 Å². The molecule has 0 fully saturated rings. The van der Waals surface area contributed by atoms with Gasteiger partial charge in [0.25, 0.3) is 5.91 Å². The van der Waals surface area contributed by atoms with Crippen molar-refractivity contribution in [2.24, 2.45) is 0 Å². The Morgan fingerprint density at radius 3 is 2.63 bits per heavy atom. The highest BCUT2D eigenvalue weighted by molar-refractivity contribution is 6.32. The molecule has 0 unspecified atom stereocenters. The average molecular weight is 386 g/mol. The molecule has 1 aromatic heterocycles. The van der Waals surface area contributed by atoms with Crippen LogP contribution in [0.1, 0.15) is 21.7 Å². The monoisotopic (exact) mass is 385 g/mol. The van der Waals surface area contributed by atoms with E-state index in [2.05, 4.69) is 10.4 Å². The van der Waals surface area contributed by atoms with Gasteiger partial charge in [-0.05, 0) is 37.1 Å². The van der Waals surface area contributed by atoms with Crippen molar-refractivity contribution < 1.29 is 9.18 Å². The molecule has 3 rings (SSSR count). The van der Waals surface area contributed by atoms with E-state index in [0.29, 0.717) is 28.4 Å². The van der Waals surface area contributed by atoms with Crippen molar-refractivity contribution in [1.82, 2.24) is 15.1 Å². The molecule has 138 valence electrons. The van der Waals surface area contributed by atoms with Crippen LogP contribution in [0.15, 0.2) is 59.4 Å². The summed E-state index contributed by atoms with van der Waals surface area (Å²) in [7, 11) is 0. The number of aryl methyl sites for hydroxylation is 1. The summed E-state index contributed by atoms with van der Waals surface area (Å²) in [4.78, 5) is 24.6. The summed E-state index contributed by atoms with van der Waals surface area (Å²) in [6.07, 6.45) is 0.309. The molecule has 1 N–H and O–H groups in total. The fourth-order valence-corrected chi connectivity index (χ4v) is 2.88. The molecule has 2 aromatic carbocycles. The van der Waals surface area contributed by atoms with Gasteiger partial charge in [-0.1, -0.05) is 41.9 Å². The Balaban J connectivity index is 1.81. The second kappa shape index (κ2) is 8.14. The lowest BCUT2D eigenvalue weighted by Gasteiger charge is -2.12. The average Bonchev–Trinajstić information content (AvgIpc) is 2.64. The van der Waals surface area contributed by atoms with E-state index >= 15 is 0 Å². The first kappa shape index (κ1) is 18.8. The molecule has 0 aliphatic heterocycles. The molecule has 0 aliphatic carbocycles. The summed E-state index contributed by atoms with van der Waals surface area (Å²) in [5.74, 6) is -0.946. The summed E-state index contributed by atoms with van der Waals surface area (Å²) in [5, 5.41) is 7.24. The van der Waals surface area contributed by atoms with Crippen molar-refractivity contribution in [3.63, 3.8) is 0 Å². The van der Waals surface area contributed by atoms with E-state index < -0.39 is 11.3 Å². The molecule has 5 nitrogen and oxygen atoms in total. The van der Waals surface area contributed by atoms with Gasteiger partial charge < -0.3 is 5.32 Å². The predicted molar refractivity (Wildman–Crippen MR) is 102 cm³/mol. The first-order chi connectivity index (χ1) is 13.0. The Morgan fingerprint density at radius 1 is 1.19 bits per heavy atom. The zero-order valence-electron chi connectivity index (χ0n) is 14.6. The smallest absolute Gasteiger partial charge is 0.275 e. The number of nitrogens with one attached hydrogen (secondary N) is 1. The Kier molecular flexibility index (Phi) is 5.66. The summed E-state index contributed by atoms with van der Waals surface area (Å²) in [5.41, 5.74) is 0.879. The normalized spacial score (nSPS) is 10.6. The highest BCUT2D eigenvalue weighted by atomic mass is 35.5. The van der Waals surface area contributed by atoms with Gasteiger partial charge in [0.05, 0.1) is 10.7 Å². The molecule has 0 bridgehead atoms. The van der Waals surface area contributed by atoms with Crippen molar-refractivity contribution in [3.8, 4) is 5.69 Å². The molecular formula is C20H17ClFN3O2. The molecule has 0 aliphatic rings. The number of benzene rings is 2. The summed E-state index contributed by atoms with van der Waals surface area (Å²) in [6, 6.07) is 14.7. The van der Waals surface area contributed by atoms with E-state index in [0.717, 1.165) is 0 Å². The molecular weight excluding hydrogens is 369 g/mol. The zero-order chi connectivity index (χ0) is 19.4. The van der Waals surface area contributed by atoms with Crippen molar-refractivity contribution >= 4 is 17.5 Å². The molecule has 27 heavy (non-hydrogen) atoms. The van der Waals surface area contributed by atoms with E-state index in [1.54, 1.807) is 49.4 Å². The van der Waals surface area contributed by atoms with Crippen molar-refractivity contribution in [1.29, 1.82) is 0 Å². The number of carbonyl (C=O) groups is 1. The van der Waals surface area contributed by atoms with Crippen LogP contribution in [0.5, 0.6) is 0 Å². The number of hydrogen-bond donors (Lipinski definition) is 1. The molecule has 0 radical (unpaired) electrons. The van der Waals surface area contributed by atoms with Crippen LogP contribution in [-0.4, -0.2) is 22.2 Å². The van der Waals surface area contributed by atoms with E-state index in [1.807, 2.05) is 0 Å². The lowest BCUT2D eigenvalue weighted by molar-refractivity contribution is 0.0946. The molecule has 0 spiro atoms. The van der Waals surface area contributed by atoms with Crippen LogP contribution in [0.2, 0.25) is 5.02 Å². The standard InChI is InChI=1S/C20H17ClFN3O2/c1-13-12-18(26)19(24-25(13)17-9-5-3-7-15(17)21)20(27)23-11-10-14-6-2-4-8-16(14)22/h2-9,12H,10-11H2,1H3,(H,23,27). The maximum Gasteiger partial charge on any atom is 0.275 e. The van der Waals surface area contributed by atoms with Gasteiger partial charge >= 0.3 is 0 Å². The third-order valence-electron chi connectivity index (χ3n) is 4.04.